The summed E-state index contributed by atoms with van der Waals surface area (Å²) in [6.07, 6.45) is 3.07. The third kappa shape index (κ3) is 4.07. The van der Waals surface area contributed by atoms with E-state index in [4.69, 9.17) is 4.42 Å². The Bertz CT molecular complexity index is 1190. The fourth-order valence-corrected chi connectivity index (χ4v) is 2.83. The first kappa shape index (κ1) is 19.0. The molecule has 0 aliphatic rings. The van der Waals surface area contributed by atoms with Gasteiger partial charge in [-0.2, -0.15) is 4.68 Å². The van der Waals surface area contributed by atoms with Gasteiger partial charge in [-0.3, -0.25) is 9.59 Å². The molecule has 0 spiro atoms. The van der Waals surface area contributed by atoms with E-state index in [1.165, 1.54) is 17.9 Å². The van der Waals surface area contributed by atoms with Gasteiger partial charge >= 0.3 is 0 Å². The molecule has 0 bridgehead atoms. The Morgan fingerprint density at radius 3 is 2.43 bits per heavy atom. The maximum atomic E-state index is 13.1. The summed E-state index contributed by atoms with van der Waals surface area (Å²) in [5.41, 5.74) is 2.02. The van der Waals surface area contributed by atoms with Crippen molar-refractivity contribution >= 4 is 29.2 Å². The predicted octanol–water partition coefficient (Wildman–Crippen LogP) is 3.77. The molecule has 0 unspecified atom stereocenters. The molecule has 0 aliphatic carbocycles. The number of ketones is 1. The fourth-order valence-electron chi connectivity index (χ4n) is 2.83. The van der Waals surface area contributed by atoms with Crippen LogP contribution in [0.4, 0.5) is 5.69 Å². The number of amides is 1. The second-order valence-electron chi connectivity index (χ2n) is 6.41. The fraction of sp³-hybridized carbons (Fsp3) is 0.0455. The summed E-state index contributed by atoms with van der Waals surface area (Å²) in [4.78, 5) is 24.6. The van der Waals surface area contributed by atoms with Crippen LogP contribution in [0.1, 0.15) is 23.0 Å². The summed E-state index contributed by atoms with van der Waals surface area (Å²) >= 11 is 0. The van der Waals surface area contributed by atoms with E-state index in [0.29, 0.717) is 22.8 Å². The van der Waals surface area contributed by atoms with E-state index < -0.39 is 5.91 Å². The number of nitrogens with zero attached hydrogens (tertiary/aromatic N) is 4. The number of rotatable bonds is 6. The zero-order chi connectivity index (χ0) is 20.9. The predicted molar refractivity (Wildman–Crippen MR) is 111 cm³/mol. The lowest BCUT2D eigenvalue weighted by molar-refractivity contribution is -0.111. The SMILES string of the molecule is CC(=O)c1ccc(NC(=O)/C(=C\c2ccco2)n2nnnc2-c2ccccc2)cc1. The van der Waals surface area contributed by atoms with Crippen molar-refractivity contribution in [2.45, 2.75) is 6.92 Å². The molecule has 0 fully saturated rings. The molecule has 0 radical (unpaired) electrons. The van der Waals surface area contributed by atoms with Crippen LogP contribution >= 0.6 is 0 Å². The number of tetrazole rings is 1. The third-order valence-electron chi connectivity index (χ3n) is 4.33. The molecule has 8 heteroatoms. The first-order valence-electron chi connectivity index (χ1n) is 9.13. The van der Waals surface area contributed by atoms with Gasteiger partial charge < -0.3 is 9.73 Å². The molecule has 0 saturated heterocycles. The molecule has 0 atom stereocenters. The summed E-state index contributed by atoms with van der Waals surface area (Å²) in [6, 6.07) is 19.4. The van der Waals surface area contributed by atoms with Crippen molar-refractivity contribution in [2.24, 2.45) is 0 Å². The Hall–Kier alpha value is -4.33. The molecular formula is C22H17N5O3. The number of hydrogen-bond acceptors (Lipinski definition) is 6. The van der Waals surface area contributed by atoms with E-state index in [9.17, 15) is 9.59 Å². The second-order valence-corrected chi connectivity index (χ2v) is 6.41. The highest BCUT2D eigenvalue weighted by atomic mass is 16.3. The van der Waals surface area contributed by atoms with Gasteiger partial charge in [-0.1, -0.05) is 30.3 Å². The molecule has 4 aromatic rings. The number of carbonyl (C=O) groups is 2. The number of hydrogen-bond donors (Lipinski definition) is 1. The maximum absolute atomic E-state index is 13.1. The van der Waals surface area contributed by atoms with Crippen molar-refractivity contribution in [3.05, 3.63) is 84.3 Å². The van der Waals surface area contributed by atoms with Crippen LogP contribution in [0.5, 0.6) is 0 Å². The third-order valence-corrected chi connectivity index (χ3v) is 4.33. The number of furan rings is 1. The van der Waals surface area contributed by atoms with Gasteiger partial charge in [0.25, 0.3) is 5.91 Å². The van der Waals surface area contributed by atoms with Crippen molar-refractivity contribution in [3.8, 4) is 11.4 Å². The highest BCUT2D eigenvalue weighted by Crippen LogP contribution is 2.22. The molecule has 1 amide bonds. The van der Waals surface area contributed by atoms with Crippen LogP contribution in [0.25, 0.3) is 23.2 Å². The van der Waals surface area contributed by atoms with Crippen LogP contribution in [-0.2, 0) is 4.79 Å². The van der Waals surface area contributed by atoms with Gasteiger partial charge in [0.2, 0.25) is 0 Å². The molecule has 2 heterocycles. The van der Waals surface area contributed by atoms with Crippen molar-refractivity contribution in [3.63, 3.8) is 0 Å². The van der Waals surface area contributed by atoms with Crippen LogP contribution < -0.4 is 5.32 Å². The van der Waals surface area contributed by atoms with Gasteiger partial charge in [-0.05, 0) is 53.7 Å². The topological polar surface area (TPSA) is 103 Å². The largest absolute Gasteiger partial charge is 0.465 e. The van der Waals surface area contributed by atoms with E-state index in [1.54, 1.807) is 42.5 Å². The number of anilines is 1. The Balaban J connectivity index is 1.71. The average Bonchev–Trinajstić information content (AvgIpc) is 3.45. The number of aromatic nitrogens is 4. The van der Waals surface area contributed by atoms with Crippen molar-refractivity contribution in [1.29, 1.82) is 0 Å². The highest BCUT2D eigenvalue weighted by molar-refractivity contribution is 6.24. The molecular weight excluding hydrogens is 382 g/mol. The lowest BCUT2D eigenvalue weighted by Gasteiger charge is -2.11. The molecule has 2 aromatic heterocycles. The minimum absolute atomic E-state index is 0.0486. The summed E-state index contributed by atoms with van der Waals surface area (Å²) in [5.74, 6) is 0.399. The molecule has 2 aromatic carbocycles. The standard InChI is InChI=1S/C22H17N5O3/c1-15(28)16-9-11-18(12-10-16)23-22(29)20(14-19-8-5-13-30-19)27-21(24-25-26-27)17-6-3-2-4-7-17/h2-14H,1H3,(H,23,29)/b20-14+. The molecule has 0 aliphatic heterocycles. The van der Waals surface area contributed by atoms with Gasteiger partial charge in [0, 0.05) is 22.9 Å². The normalized spacial score (nSPS) is 11.3. The van der Waals surface area contributed by atoms with Crippen LogP contribution in [-0.4, -0.2) is 31.9 Å². The number of benzene rings is 2. The molecule has 30 heavy (non-hydrogen) atoms. The van der Waals surface area contributed by atoms with Gasteiger partial charge in [0.15, 0.2) is 11.6 Å². The molecule has 148 valence electrons. The van der Waals surface area contributed by atoms with E-state index in [1.807, 2.05) is 30.3 Å². The molecule has 4 rings (SSSR count). The maximum Gasteiger partial charge on any atom is 0.274 e. The molecule has 8 nitrogen and oxygen atoms in total. The van der Waals surface area contributed by atoms with Crippen molar-refractivity contribution < 1.29 is 14.0 Å². The Labute approximate surface area is 171 Å². The van der Waals surface area contributed by atoms with Crippen molar-refractivity contribution in [1.82, 2.24) is 20.2 Å². The minimum atomic E-state index is -0.438. The minimum Gasteiger partial charge on any atom is -0.465 e. The first-order valence-corrected chi connectivity index (χ1v) is 9.13. The van der Waals surface area contributed by atoms with Crippen LogP contribution in [0.2, 0.25) is 0 Å². The van der Waals surface area contributed by atoms with Crippen molar-refractivity contribution in [2.75, 3.05) is 5.32 Å². The number of Topliss-reactive ketones (excluding diaryl/α,β-unsaturated/α-hetero) is 1. The quantitative estimate of drug-likeness (QED) is 0.391. The Morgan fingerprint density at radius 1 is 1.00 bits per heavy atom. The lowest BCUT2D eigenvalue weighted by atomic mass is 10.1. The second kappa shape index (κ2) is 8.36. The van der Waals surface area contributed by atoms with Gasteiger partial charge in [-0.25, -0.2) is 0 Å². The van der Waals surface area contributed by atoms with Gasteiger partial charge in [0.05, 0.1) is 6.26 Å². The first-order chi connectivity index (χ1) is 14.6. The zero-order valence-electron chi connectivity index (χ0n) is 16.0. The van der Waals surface area contributed by atoms with Gasteiger partial charge in [-0.15, -0.1) is 5.10 Å². The monoisotopic (exact) mass is 399 g/mol. The van der Waals surface area contributed by atoms with E-state index in [0.717, 1.165) is 5.56 Å². The number of carbonyl (C=O) groups excluding carboxylic acids is 2. The Morgan fingerprint density at radius 2 is 1.77 bits per heavy atom. The van der Waals surface area contributed by atoms with Crippen LogP contribution in [0.3, 0.4) is 0 Å². The van der Waals surface area contributed by atoms with E-state index in [-0.39, 0.29) is 11.5 Å². The summed E-state index contributed by atoms with van der Waals surface area (Å²) in [6.45, 7) is 1.49. The Kier molecular flexibility index (Phi) is 5.29. The summed E-state index contributed by atoms with van der Waals surface area (Å²) < 4.78 is 6.73. The average molecular weight is 399 g/mol. The van der Waals surface area contributed by atoms with E-state index >= 15 is 0 Å². The highest BCUT2D eigenvalue weighted by Gasteiger charge is 2.20. The molecule has 0 saturated carbocycles. The van der Waals surface area contributed by atoms with E-state index in [2.05, 4.69) is 20.8 Å². The van der Waals surface area contributed by atoms with Crippen LogP contribution in [0, 0.1) is 0 Å². The zero-order valence-corrected chi connectivity index (χ0v) is 16.0. The smallest absolute Gasteiger partial charge is 0.274 e. The summed E-state index contributed by atoms with van der Waals surface area (Å²) in [7, 11) is 0. The van der Waals surface area contributed by atoms with Gasteiger partial charge in [0.1, 0.15) is 11.5 Å². The number of nitrogens with one attached hydrogen (secondary N) is 1. The van der Waals surface area contributed by atoms with Crippen LogP contribution in [0.15, 0.2) is 77.4 Å². The molecule has 1 N–H and O–H groups in total. The lowest BCUT2D eigenvalue weighted by Crippen LogP contribution is -2.19. The summed E-state index contributed by atoms with van der Waals surface area (Å²) in [5, 5.41) is 14.6.